The maximum absolute atomic E-state index is 6.12. The molecule has 1 fully saturated rings. The number of likely N-dealkylation sites (N-methyl/N-ethyl adjacent to an activating group) is 1. The van der Waals surface area contributed by atoms with E-state index in [0.717, 1.165) is 12.5 Å². The van der Waals surface area contributed by atoms with Crippen LogP contribution in [0.1, 0.15) is 51.0 Å². The summed E-state index contributed by atoms with van der Waals surface area (Å²) in [5.41, 5.74) is 7.52. The minimum Gasteiger partial charge on any atom is -0.329 e. The Morgan fingerprint density at radius 3 is 2.45 bits per heavy atom. The summed E-state index contributed by atoms with van der Waals surface area (Å²) in [5, 5.41) is 0. The van der Waals surface area contributed by atoms with E-state index in [1.54, 1.807) is 0 Å². The number of nitrogens with zero attached hydrogens (tertiary/aromatic N) is 1. The van der Waals surface area contributed by atoms with Gasteiger partial charge in [-0.1, -0.05) is 57.0 Å². The van der Waals surface area contributed by atoms with Gasteiger partial charge in [0.25, 0.3) is 0 Å². The fourth-order valence-corrected chi connectivity index (χ4v) is 3.85. The molecule has 1 aromatic rings. The number of benzene rings is 1. The van der Waals surface area contributed by atoms with Crippen LogP contribution in [0.3, 0.4) is 0 Å². The molecule has 1 aliphatic rings. The Hall–Kier alpha value is -0.860. The highest BCUT2D eigenvalue weighted by Crippen LogP contribution is 2.31. The van der Waals surface area contributed by atoms with Crippen molar-refractivity contribution in [1.29, 1.82) is 0 Å². The third kappa shape index (κ3) is 3.42. The summed E-state index contributed by atoms with van der Waals surface area (Å²) >= 11 is 0. The molecule has 0 aliphatic heterocycles. The van der Waals surface area contributed by atoms with Crippen LogP contribution in [-0.4, -0.2) is 30.6 Å². The Kier molecular flexibility index (Phi) is 5.62. The lowest BCUT2D eigenvalue weighted by molar-refractivity contribution is 0.0888. The van der Waals surface area contributed by atoms with Crippen molar-refractivity contribution < 1.29 is 0 Å². The minimum atomic E-state index is 0.433. The number of hydrogen-bond acceptors (Lipinski definition) is 2. The van der Waals surface area contributed by atoms with Gasteiger partial charge in [0.15, 0.2) is 0 Å². The van der Waals surface area contributed by atoms with E-state index in [-0.39, 0.29) is 0 Å². The first-order valence-corrected chi connectivity index (χ1v) is 8.12. The number of hydrogen-bond donors (Lipinski definition) is 1. The van der Waals surface area contributed by atoms with Crippen molar-refractivity contribution in [3.05, 3.63) is 35.9 Å². The zero-order valence-electron chi connectivity index (χ0n) is 13.3. The Bertz CT molecular complexity index is 390. The molecule has 20 heavy (non-hydrogen) atoms. The van der Waals surface area contributed by atoms with E-state index < -0.39 is 0 Å². The van der Waals surface area contributed by atoms with Crippen LogP contribution in [0.2, 0.25) is 0 Å². The second kappa shape index (κ2) is 7.24. The monoisotopic (exact) mass is 274 g/mol. The van der Waals surface area contributed by atoms with Gasteiger partial charge in [-0.15, -0.1) is 0 Å². The molecule has 2 rings (SSSR count). The fraction of sp³-hybridized carbons (Fsp3) is 0.667. The molecule has 0 spiro atoms. The van der Waals surface area contributed by atoms with Crippen LogP contribution in [0.4, 0.5) is 0 Å². The Morgan fingerprint density at radius 2 is 1.85 bits per heavy atom. The summed E-state index contributed by atoms with van der Waals surface area (Å²) < 4.78 is 0. The summed E-state index contributed by atoms with van der Waals surface area (Å²) in [5.74, 6) is 1.28. The van der Waals surface area contributed by atoms with E-state index in [1.165, 1.54) is 31.2 Å². The topological polar surface area (TPSA) is 29.3 Å². The van der Waals surface area contributed by atoms with Crippen LogP contribution in [0, 0.1) is 5.92 Å². The maximum Gasteiger partial charge on any atom is 0.0284 e. The molecule has 0 saturated heterocycles. The van der Waals surface area contributed by atoms with Gasteiger partial charge in [0.1, 0.15) is 0 Å². The van der Waals surface area contributed by atoms with Gasteiger partial charge in [-0.2, -0.15) is 0 Å². The van der Waals surface area contributed by atoms with E-state index in [2.05, 4.69) is 56.1 Å². The standard InChI is InChI=1S/C18H30N2/c1-14-9-7-8-12-17(14)20(3)18(13-19)15(2)16-10-5-4-6-11-16/h4-6,10-11,14-15,17-18H,7-9,12-13,19H2,1-3H3. The summed E-state index contributed by atoms with van der Waals surface area (Å²) in [6.45, 7) is 5.45. The lowest BCUT2D eigenvalue weighted by atomic mass is 9.82. The van der Waals surface area contributed by atoms with E-state index in [4.69, 9.17) is 5.73 Å². The van der Waals surface area contributed by atoms with Crippen LogP contribution >= 0.6 is 0 Å². The first-order valence-electron chi connectivity index (χ1n) is 8.12. The molecule has 0 bridgehead atoms. The molecule has 0 heterocycles. The van der Waals surface area contributed by atoms with Gasteiger partial charge in [-0.3, -0.25) is 4.90 Å². The predicted octanol–water partition coefficient (Wildman–Crippen LogP) is 3.63. The van der Waals surface area contributed by atoms with Crippen LogP contribution in [0.25, 0.3) is 0 Å². The van der Waals surface area contributed by atoms with Gasteiger partial charge in [0, 0.05) is 18.6 Å². The Morgan fingerprint density at radius 1 is 1.20 bits per heavy atom. The molecule has 2 nitrogen and oxygen atoms in total. The summed E-state index contributed by atoms with van der Waals surface area (Å²) in [7, 11) is 2.28. The zero-order valence-corrected chi connectivity index (χ0v) is 13.3. The number of nitrogens with two attached hydrogens (primary N) is 1. The smallest absolute Gasteiger partial charge is 0.0284 e. The van der Waals surface area contributed by atoms with Gasteiger partial charge in [-0.25, -0.2) is 0 Å². The van der Waals surface area contributed by atoms with Crippen LogP contribution in [0.5, 0.6) is 0 Å². The van der Waals surface area contributed by atoms with Crippen molar-refractivity contribution >= 4 is 0 Å². The van der Waals surface area contributed by atoms with Gasteiger partial charge in [-0.05, 0) is 37.3 Å². The molecule has 0 radical (unpaired) electrons. The average molecular weight is 274 g/mol. The lowest BCUT2D eigenvalue weighted by Crippen LogP contribution is -2.50. The zero-order chi connectivity index (χ0) is 14.5. The molecule has 112 valence electrons. The molecule has 1 saturated carbocycles. The molecule has 4 atom stereocenters. The largest absolute Gasteiger partial charge is 0.329 e. The second-order valence-electron chi connectivity index (χ2n) is 6.50. The van der Waals surface area contributed by atoms with Crippen LogP contribution in [0.15, 0.2) is 30.3 Å². The van der Waals surface area contributed by atoms with Crippen molar-refractivity contribution in [3.8, 4) is 0 Å². The van der Waals surface area contributed by atoms with Crippen molar-refractivity contribution in [2.75, 3.05) is 13.6 Å². The fourth-order valence-electron chi connectivity index (χ4n) is 3.85. The van der Waals surface area contributed by atoms with Crippen molar-refractivity contribution in [2.45, 2.75) is 57.5 Å². The van der Waals surface area contributed by atoms with Crippen molar-refractivity contribution in [2.24, 2.45) is 11.7 Å². The number of rotatable bonds is 5. The molecular formula is C18H30N2. The molecule has 4 unspecified atom stereocenters. The molecule has 0 aromatic heterocycles. The SMILES string of the molecule is CC1CCCCC1N(C)C(CN)C(C)c1ccccc1. The predicted molar refractivity (Wildman–Crippen MR) is 86.9 cm³/mol. The highest BCUT2D eigenvalue weighted by molar-refractivity contribution is 5.20. The van der Waals surface area contributed by atoms with Gasteiger partial charge >= 0.3 is 0 Å². The van der Waals surface area contributed by atoms with E-state index >= 15 is 0 Å². The van der Waals surface area contributed by atoms with Gasteiger partial charge < -0.3 is 5.73 Å². The van der Waals surface area contributed by atoms with E-state index in [9.17, 15) is 0 Å². The van der Waals surface area contributed by atoms with Gasteiger partial charge in [0.2, 0.25) is 0 Å². The molecular weight excluding hydrogens is 244 g/mol. The third-order valence-electron chi connectivity index (χ3n) is 5.26. The second-order valence-corrected chi connectivity index (χ2v) is 6.50. The molecule has 2 heteroatoms. The van der Waals surface area contributed by atoms with Crippen LogP contribution in [-0.2, 0) is 0 Å². The van der Waals surface area contributed by atoms with E-state index in [1.807, 2.05) is 0 Å². The van der Waals surface area contributed by atoms with Crippen molar-refractivity contribution in [1.82, 2.24) is 4.90 Å². The molecule has 0 amide bonds. The highest BCUT2D eigenvalue weighted by atomic mass is 15.2. The summed E-state index contributed by atoms with van der Waals surface area (Å²) in [4.78, 5) is 2.57. The van der Waals surface area contributed by atoms with Crippen molar-refractivity contribution in [3.63, 3.8) is 0 Å². The van der Waals surface area contributed by atoms with Crippen LogP contribution < -0.4 is 5.73 Å². The Labute approximate surface area is 124 Å². The third-order valence-corrected chi connectivity index (χ3v) is 5.26. The maximum atomic E-state index is 6.12. The highest BCUT2D eigenvalue weighted by Gasteiger charge is 2.31. The van der Waals surface area contributed by atoms with Gasteiger partial charge in [0.05, 0.1) is 0 Å². The summed E-state index contributed by atoms with van der Waals surface area (Å²) in [6.07, 6.45) is 5.46. The quantitative estimate of drug-likeness (QED) is 0.888. The molecule has 1 aromatic carbocycles. The average Bonchev–Trinajstić information content (AvgIpc) is 2.49. The minimum absolute atomic E-state index is 0.433. The first-order chi connectivity index (χ1) is 9.65. The first kappa shape index (κ1) is 15.5. The molecule has 1 aliphatic carbocycles. The molecule has 2 N–H and O–H groups in total. The normalized spacial score (nSPS) is 26.4. The lowest BCUT2D eigenvalue weighted by Gasteiger charge is -2.42. The van der Waals surface area contributed by atoms with E-state index in [0.29, 0.717) is 18.0 Å². The Balaban J connectivity index is 2.10. The summed E-state index contributed by atoms with van der Waals surface area (Å²) in [6, 6.07) is 11.9.